The number of hydrogen-bond acceptors (Lipinski definition) is 10. The second kappa shape index (κ2) is 15.1. The summed E-state index contributed by atoms with van der Waals surface area (Å²) in [6.07, 6.45) is -6.59. The minimum atomic E-state index is -2.48. The van der Waals surface area contributed by atoms with E-state index in [0.29, 0.717) is 0 Å². The van der Waals surface area contributed by atoms with Gasteiger partial charge in [0.05, 0.1) is 28.3 Å². The van der Waals surface area contributed by atoms with Crippen LogP contribution in [0.15, 0.2) is 0 Å². The van der Waals surface area contributed by atoms with E-state index in [1.165, 1.54) is 0 Å². The lowest BCUT2D eigenvalue weighted by Crippen LogP contribution is -2.65. The van der Waals surface area contributed by atoms with Crippen molar-refractivity contribution < 1.29 is 47.3 Å². The van der Waals surface area contributed by atoms with E-state index in [0.717, 1.165) is 0 Å². The third-order valence-corrected chi connectivity index (χ3v) is 14.3. The van der Waals surface area contributed by atoms with Crippen molar-refractivity contribution in [2.75, 3.05) is 6.61 Å². The molecule has 46 heavy (non-hydrogen) atoms. The van der Waals surface area contributed by atoms with Crippen molar-refractivity contribution in [1.29, 1.82) is 0 Å². The Bertz CT molecular complexity index is 1050. The third kappa shape index (κ3) is 10.5. The molecule has 10 nitrogen and oxygen atoms in total. The van der Waals surface area contributed by atoms with Crippen LogP contribution in [0.3, 0.4) is 0 Å². The Hall–Kier alpha value is -1.98. The van der Waals surface area contributed by atoms with Gasteiger partial charge in [-0.25, -0.2) is 0 Å². The molecule has 5 atom stereocenters. The number of hydrogen-bond donors (Lipinski definition) is 0. The summed E-state index contributed by atoms with van der Waals surface area (Å²) in [7, 11) is -2.48. The summed E-state index contributed by atoms with van der Waals surface area (Å²) >= 11 is 0. The lowest BCUT2D eigenvalue weighted by molar-refractivity contribution is -0.305. The van der Waals surface area contributed by atoms with Crippen LogP contribution in [0.1, 0.15) is 125 Å². The summed E-state index contributed by atoms with van der Waals surface area (Å²) in [6.45, 7) is 33.1. The van der Waals surface area contributed by atoms with Crippen molar-refractivity contribution in [2.45, 2.75) is 172 Å². The molecule has 0 radical (unpaired) electrons. The van der Waals surface area contributed by atoms with Gasteiger partial charge in [-0.05, 0) is 99.7 Å². The quantitative estimate of drug-likeness (QED) is 0.132. The molecule has 1 aliphatic heterocycles. The molecule has 0 aromatic rings. The predicted molar refractivity (Wildman–Crippen MR) is 179 cm³/mol. The van der Waals surface area contributed by atoms with Gasteiger partial charge in [-0.15, -0.1) is 0 Å². The van der Waals surface area contributed by atoms with Crippen LogP contribution in [0, 0.1) is 21.7 Å². The highest BCUT2D eigenvalue weighted by Gasteiger charge is 2.57. The summed E-state index contributed by atoms with van der Waals surface area (Å²) in [5.41, 5.74) is -3.09. The number of carbonyl (C=O) groups excluding carboxylic acids is 4. The summed E-state index contributed by atoms with van der Waals surface area (Å²) in [4.78, 5) is 53.6. The summed E-state index contributed by atoms with van der Waals surface area (Å²) in [6, 6.07) is 0. The molecule has 1 rings (SSSR count). The fourth-order valence-corrected chi connectivity index (χ4v) is 10.9. The predicted octanol–water partition coefficient (Wildman–Crippen LogP) is 7.37. The highest BCUT2D eigenvalue weighted by Crippen LogP contribution is 2.43. The normalized spacial score (nSPS) is 23.4. The average Bonchev–Trinajstić information content (AvgIpc) is 2.84. The molecule has 0 aliphatic carbocycles. The van der Waals surface area contributed by atoms with Crippen LogP contribution in [-0.4, -0.2) is 69.5 Å². The molecule has 0 bridgehead atoms. The second-order valence-corrected chi connectivity index (χ2v) is 23.1. The van der Waals surface area contributed by atoms with E-state index in [2.05, 4.69) is 41.5 Å². The van der Waals surface area contributed by atoms with Crippen molar-refractivity contribution in [1.82, 2.24) is 0 Å². The first-order valence-corrected chi connectivity index (χ1v) is 18.8. The third-order valence-electron chi connectivity index (χ3n) is 8.20. The molecule has 0 N–H and O–H groups in total. The van der Waals surface area contributed by atoms with Crippen LogP contribution in [0.25, 0.3) is 0 Å². The highest BCUT2D eigenvalue weighted by molar-refractivity contribution is 6.77. The van der Waals surface area contributed by atoms with E-state index in [-0.39, 0.29) is 23.2 Å². The summed E-state index contributed by atoms with van der Waals surface area (Å²) in [5, 5.41) is 0. The Morgan fingerprint density at radius 3 is 1.15 bits per heavy atom. The molecule has 1 aliphatic rings. The molecule has 0 spiro atoms. The second-order valence-electron chi connectivity index (χ2n) is 17.7. The summed E-state index contributed by atoms with van der Waals surface area (Å²) in [5.74, 6) is -2.45. The largest absolute Gasteiger partial charge is 0.455 e. The van der Waals surface area contributed by atoms with Crippen LogP contribution in [-0.2, 0) is 47.3 Å². The fraction of sp³-hybridized carbons (Fsp3) is 0.886. The maximum Gasteiger partial charge on any atom is 0.313 e. The van der Waals surface area contributed by atoms with Gasteiger partial charge in [0.1, 0.15) is 6.10 Å². The number of ether oxygens (including phenoxy) is 5. The van der Waals surface area contributed by atoms with E-state index in [4.69, 9.17) is 28.1 Å². The first-order chi connectivity index (χ1) is 20.5. The van der Waals surface area contributed by atoms with Crippen molar-refractivity contribution in [3.63, 3.8) is 0 Å². The fourth-order valence-electron chi connectivity index (χ4n) is 5.42. The van der Waals surface area contributed by atoms with Crippen LogP contribution in [0.2, 0.25) is 16.6 Å². The molecule has 0 amide bonds. The van der Waals surface area contributed by atoms with Crippen molar-refractivity contribution >= 4 is 32.2 Å². The molecule has 1 heterocycles. The van der Waals surface area contributed by atoms with Crippen LogP contribution < -0.4 is 0 Å². The molecule has 1 fully saturated rings. The smallest absolute Gasteiger partial charge is 0.313 e. The number of esters is 4. The average molecular weight is 673 g/mol. The topological polar surface area (TPSA) is 124 Å². The van der Waals surface area contributed by atoms with Crippen LogP contribution in [0.4, 0.5) is 0 Å². The van der Waals surface area contributed by atoms with Crippen molar-refractivity contribution in [2.24, 2.45) is 21.7 Å². The monoisotopic (exact) mass is 672 g/mol. The zero-order valence-corrected chi connectivity index (χ0v) is 32.9. The minimum Gasteiger partial charge on any atom is -0.455 e. The Morgan fingerprint density at radius 1 is 0.522 bits per heavy atom. The molecule has 11 heteroatoms. The zero-order chi connectivity index (χ0) is 36.4. The molecular weight excluding hydrogens is 608 g/mol. The highest BCUT2D eigenvalue weighted by atomic mass is 28.4. The van der Waals surface area contributed by atoms with Gasteiger partial charge < -0.3 is 28.1 Å². The van der Waals surface area contributed by atoms with Gasteiger partial charge in [0.25, 0.3) is 0 Å². The lowest BCUT2D eigenvalue weighted by atomic mass is 9.93. The Balaban J connectivity index is 3.98. The van der Waals surface area contributed by atoms with Crippen molar-refractivity contribution in [3.8, 4) is 0 Å². The molecule has 1 saturated heterocycles. The van der Waals surface area contributed by atoms with Gasteiger partial charge in [0, 0.05) is 0 Å². The molecule has 268 valence electrons. The molecular formula is C35H64O10Si. The van der Waals surface area contributed by atoms with E-state index < -0.39 is 84.6 Å². The number of carbonyl (C=O) groups is 4. The SMILES string of the molecule is CC(C)[Si](OC[C@H]1O[C@H](OC(=O)C(C)(C)C)[C@@H](OC(=O)C(C)(C)C)[C@@H](OC(=O)C(C)(C)C)[C@@H]1OC(=O)C(C)(C)C)(C(C)C)C(C)C. The van der Waals surface area contributed by atoms with Gasteiger partial charge >= 0.3 is 23.9 Å². The van der Waals surface area contributed by atoms with Crippen molar-refractivity contribution in [3.05, 3.63) is 0 Å². The molecule has 0 aromatic carbocycles. The van der Waals surface area contributed by atoms with Gasteiger partial charge in [0.2, 0.25) is 12.4 Å². The van der Waals surface area contributed by atoms with E-state index in [9.17, 15) is 19.2 Å². The maximum atomic E-state index is 13.5. The molecule has 0 unspecified atom stereocenters. The Morgan fingerprint density at radius 2 is 0.826 bits per heavy atom. The minimum absolute atomic E-state index is 0.0318. The molecule has 0 aromatic heterocycles. The van der Waals surface area contributed by atoms with Crippen LogP contribution in [0.5, 0.6) is 0 Å². The standard InChI is InChI=1S/C35H64O10Si/c1-20(2)46(21(3)4,22(5)6)40-19-23-24(42-28(36)32(7,8)9)25(43-29(37)33(10,11)12)26(44-30(38)34(13,14)15)27(41-23)45-31(39)35(16,17)18/h20-27H,19H2,1-18H3/t23-,24-,25+,26+,27-/m1/s1. The zero-order valence-electron chi connectivity index (χ0n) is 31.9. The lowest BCUT2D eigenvalue weighted by Gasteiger charge is -2.48. The Kier molecular flexibility index (Phi) is 13.8. The molecule has 0 saturated carbocycles. The first-order valence-electron chi connectivity index (χ1n) is 16.6. The van der Waals surface area contributed by atoms with E-state index in [1.807, 2.05) is 0 Å². The first kappa shape index (κ1) is 42.0. The Labute approximate surface area is 279 Å². The van der Waals surface area contributed by atoms with Gasteiger partial charge in [-0.1, -0.05) is 41.5 Å². The van der Waals surface area contributed by atoms with Gasteiger partial charge in [0.15, 0.2) is 20.5 Å². The van der Waals surface area contributed by atoms with E-state index >= 15 is 0 Å². The number of rotatable bonds is 10. The van der Waals surface area contributed by atoms with Gasteiger partial charge in [-0.3, -0.25) is 19.2 Å². The van der Waals surface area contributed by atoms with Crippen LogP contribution >= 0.6 is 0 Å². The maximum absolute atomic E-state index is 13.5. The summed E-state index contributed by atoms with van der Waals surface area (Å²) < 4.78 is 37.4. The van der Waals surface area contributed by atoms with Gasteiger partial charge in [-0.2, -0.15) is 0 Å². The van der Waals surface area contributed by atoms with E-state index in [1.54, 1.807) is 83.1 Å².